The molecule has 0 spiro atoms. The highest BCUT2D eigenvalue weighted by Gasteiger charge is 2.29. The molecular formula is C13H25N7. The Bertz CT molecular complexity index is 448. The average Bonchev–Trinajstić information content (AvgIpc) is 2.86. The van der Waals surface area contributed by atoms with Crippen molar-refractivity contribution < 1.29 is 0 Å². The zero-order valence-electron chi connectivity index (χ0n) is 12.6. The maximum absolute atomic E-state index is 5.85. The van der Waals surface area contributed by atoms with Crippen molar-refractivity contribution in [3.8, 4) is 0 Å². The van der Waals surface area contributed by atoms with Gasteiger partial charge in [-0.2, -0.15) is 15.0 Å². The molecule has 0 aromatic carbocycles. The van der Waals surface area contributed by atoms with Gasteiger partial charge >= 0.3 is 0 Å². The van der Waals surface area contributed by atoms with Crippen LogP contribution in [0.25, 0.3) is 0 Å². The molecule has 20 heavy (non-hydrogen) atoms. The molecule has 2 rings (SSSR count). The first-order valence-corrected chi connectivity index (χ1v) is 7.09. The minimum Gasteiger partial charge on any atom is -0.368 e. The average molecular weight is 279 g/mol. The fourth-order valence-corrected chi connectivity index (χ4v) is 2.91. The monoisotopic (exact) mass is 279 g/mol. The Hall–Kier alpha value is -1.47. The van der Waals surface area contributed by atoms with Crippen LogP contribution in [0.2, 0.25) is 0 Å². The number of nitrogens with zero attached hydrogens (tertiary/aromatic N) is 5. The Balaban J connectivity index is 2.09. The van der Waals surface area contributed by atoms with Gasteiger partial charge in [0.2, 0.25) is 11.9 Å². The topological polar surface area (TPSA) is 97.2 Å². The van der Waals surface area contributed by atoms with Crippen molar-refractivity contribution in [2.45, 2.75) is 31.8 Å². The third kappa shape index (κ3) is 3.34. The molecule has 0 aliphatic heterocycles. The second-order valence-corrected chi connectivity index (χ2v) is 5.71. The lowest BCUT2D eigenvalue weighted by Crippen LogP contribution is -2.37. The van der Waals surface area contributed by atoms with Crippen LogP contribution in [0.1, 0.15) is 25.1 Å². The van der Waals surface area contributed by atoms with Crippen LogP contribution in [-0.4, -0.2) is 53.6 Å². The quantitative estimate of drug-likeness (QED) is 0.787. The van der Waals surface area contributed by atoms with E-state index in [1.54, 1.807) is 0 Å². The number of aromatic nitrogens is 3. The van der Waals surface area contributed by atoms with Gasteiger partial charge in [-0.3, -0.25) is 4.90 Å². The van der Waals surface area contributed by atoms with Crippen molar-refractivity contribution in [1.29, 1.82) is 0 Å². The summed E-state index contributed by atoms with van der Waals surface area (Å²) in [5.74, 6) is 2.16. The van der Waals surface area contributed by atoms with Gasteiger partial charge in [0.15, 0.2) is 0 Å². The van der Waals surface area contributed by atoms with E-state index in [0.717, 1.165) is 6.54 Å². The summed E-state index contributed by atoms with van der Waals surface area (Å²) in [4.78, 5) is 16.9. The lowest BCUT2D eigenvalue weighted by atomic mass is 10.0. The minimum atomic E-state index is 0.272. The lowest BCUT2D eigenvalue weighted by Gasteiger charge is -2.28. The SMILES string of the molecule is CN(C)c1nc(N)nc(CN(C)C2CCCC2CN)n1. The molecule has 1 aromatic rings. The Morgan fingerprint density at radius 3 is 2.55 bits per heavy atom. The molecule has 1 saturated carbocycles. The summed E-state index contributed by atoms with van der Waals surface area (Å²) in [6, 6.07) is 0.515. The van der Waals surface area contributed by atoms with Crippen molar-refractivity contribution >= 4 is 11.9 Å². The predicted octanol–water partition coefficient (Wildman–Crippen LogP) is 0.0790. The summed E-state index contributed by atoms with van der Waals surface area (Å²) < 4.78 is 0. The molecule has 7 nitrogen and oxygen atoms in total. The Morgan fingerprint density at radius 2 is 1.90 bits per heavy atom. The van der Waals surface area contributed by atoms with Gasteiger partial charge in [0, 0.05) is 20.1 Å². The van der Waals surface area contributed by atoms with E-state index < -0.39 is 0 Å². The summed E-state index contributed by atoms with van der Waals surface area (Å²) in [7, 11) is 5.89. The second-order valence-electron chi connectivity index (χ2n) is 5.71. The van der Waals surface area contributed by atoms with Crippen molar-refractivity contribution in [2.24, 2.45) is 11.7 Å². The van der Waals surface area contributed by atoms with Crippen LogP contribution in [0, 0.1) is 5.92 Å². The lowest BCUT2D eigenvalue weighted by molar-refractivity contribution is 0.188. The molecule has 1 fully saturated rings. The smallest absolute Gasteiger partial charge is 0.229 e. The standard InChI is InChI=1S/C13H25N7/c1-19(2)13-17-11(16-12(15)18-13)8-20(3)10-6-4-5-9(10)7-14/h9-10H,4-8,14H2,1-3H3,(H2,15,16,17,18). The van der Waals surface area contributed by atoms with Crippen LogP contribution in [-0.2, 0) is 6.54 Å². The highest BCUT2D eigenvalue weighted by molar-refractivity contribution is 5.32. The molecule has 112 valence electrons. The summed E-state index contributed by atoms with van der Waals surface area (Å²) >= 11 is 0. The fourth-order valence-electron chi connectivity index (χ4n) is 2.91. The van der Waals surface area contributed by atoms with Crippen LogP contribution in [0.5, 0.6) is 0 Å². The second kappa shape index (κ2) is 6.32. The van der Waals surface area contributed by atoms with Gasteiger partial charge in [-0.1, -0.05) is 6.42 Å². The number of nitrogens with two attached hydrogens (primary N) is 2. The Labute approximate surface area is 120 Å². The van der Waals surface area contributed by atoms with E-state index >= 15 is 0 Å². The zero-order chi connectivity index (χ0) is 14.7. The number of hydrogen-bond donors (Lipinski definition) is 2. The number of nitrogen functional groups attached to an aromatic ring is 1. The van der Waals surface area contributed by atoms with Gasteiger partial charge in [0.1, 0.15) is 5.82 Å². The predicted molar refractivity (Wildman–Crippen MR) is 80.2 cm³/mol. The molecule has 4 N–H and O–H groups in total. The highest BCUT2D eigenvalue weighted by Crippen LogP contribution is 2.29. The number of anilines is 2. The largest absolute Gasteiger partial charge is 0.368 e. The number of hydrogen-bond acceptors (Lipinski definition) is 7. The third-order valence-corrected chi connectivity index (χ3v) is 3.97. The maximum Gasteiger partial charge on any atom is 0.229 e. The van der Waals surface area contributed by atoms with E-state index in [0.29, 0.717) is 30.3 Å². The number of rotatable bonds is 5. The normalized spacial score (nSPS) is 22.4. The Kier molecular flexibility index (Phi) is 4.72. The molecule has 2 atom stereocenters. The van der Waals surface area contributed by atoms with E-state index in [1.165, 1.54) is 19.3 Å². The van der Waals surface area contributed by atoms with Gasteiger partial charge in [-0.15, -0.1) is 0 Å². The minimum absolute atomic E-state index is 0.272. The first-order chi connectivity index (χ1) is 9.51. The molecule has 1 aliphatic carbocycles. The molecular weight excluding hydrogens is 254 g/mol. The molecule has 0 bridgehead atoms. The highest BCUT2D eigenvalue weighted by atomic mass is 15.3. The van der Waals surface area contributed by atoms with Crippen molar-refractivity contribution in [3.63, 3.8) is 0 Å². The van der Waals surface area contributed by atoms with E-state index in [2.05, 4.69) is 26.9 Å². The first-order valence-electron chi connectivity index (χ1n) is 7.09. The fraction of sp³-hybridized carbons (Fsp3) is 0.769. The Morgan fingerprint density at radius 1 is 1.15 bits per heavy atom. The zero-order valence-corrected chi connectivity index (χ0v) is 12.6. The summed E-state index contributed by atoms with van der Waals surface area (Å²) in [6.07, 6.45) is 3.66. The van der Waals surface area contributed by atoms with Crippen molar-refractivity contribution in [2.75, 3.05) is 38.3 Å². The van der Waals surface area contributed by atoms with Gasteiger partial charge in [0.25, 0.3) is 0 Å². The van der Waals surface area contributed by atoms with Crippen LogP contribution in [0.15, 0.2) is 0 Å². The van der Waals surface area contributed by atoms with E-state index in [9.17, 15) is 0 Å². The van der Waals surface area contributed by atoms with Crippen LogP contribution in [0.4, 0.5) is 11.9 Å². The van der Waals surface area contributed by atoms with Gasteiger partial charge < -0.3 is 16.4 Å². The summed E-state index contributed by atoms with van der Waals surface area (Å²) in [6.45, 7) is 1.42. The van der Waals surface area contributed by atoms with Crippen molar-refractivity contribution in [1.82, 2.24) is 19.9 Å². The molecule has 2 unspecified atom stereocenters. The molecule has 7 heteroatoms. The van der Waals surface area contributed by atoms with Crippen molar-refractivity contribution in [3.05, 3.63) is 5.82 Å². The van der Waals surface area contributed by atoms with Gasteiger partial charge in [0.05, 0.1) is 6.54 Å². The first kappa shape index (κ1) is 14.9. The molecule has 0 saturated heterocycles. The molecule has 0 amide bonds. The van der Waals surface area contributed by atoms with E-state index in [1.807, 2.05) is 19.0 Å². The molecule has 1 heterocycles. The molecule has 0 radical (unpaired) electrons. The van der Waals surface area contributed by atoms with Crippen LogP contribution < -0.4 is 16.4 Å². The van der Waals surface area contributed by atoms with E-state index in [-0.39, 0.29) is 5.95 Å². The van der Waals surface area contributed by atoms with Crippen LogP contribution >= 0.6 is 0 Å². The summed E-state index contributed by atoms with van der Waals surface area (Å²) in [5, 5.41) is 0. The third-order valence-electron chi connectivity index (χ3n) is 3.97. The molecule has 1 aromatic heterocycles. The summed E-state index contributed by atoms with van der Waals surface area (Å²) in [5.41, 5.74) is 11.6. The van der Waals surface area contributed by atoms with Crippen LogP contribution in [0.3, 0.4) is 0 Å². The maximum atomic E-state index is 5.85. The van der Waals surface area contributed by atoms with Gasteiger partial charge in [-0.05, 0) is 32.4 Å². The van der Waals surface area contributed by atoms with E-state index in [4.69, 9.17) is 11.5 Å². The molecule has 1 aliphatic rings. The van der Waals surface area contributed by atoms with Gasteiger partial charge in [-0.25, -0.2) is 0 Å².